The molecule has 0 fully saturated rings. The number of ether oxygens (including phenoxy) is 3. The summed E-state index contributed by atoms with van der Waals surface area (Å²) in [6.45, 7) is 2.18. The van der Waals surface area contributed by atoms with E-state index in [0.29, 0.717) is 34.6 Å². The number of rotatable bonds is 5. The Morgan fingerprint density at radius 3 is 2.48 bits per heavy atom. The van der Waals surface area contributed by atoms with Crippen LogP contribution in [0.3, 0.4) is 0 Å². The highest BCUT2D eigenvalue weighted by Gasteiger charge is 2.25. The van der Waals surface area contributed by atoms with E-state index in [1.54, 1.807) is 12.1 Å². The molecule has 0 aliphatic heterocycles. The van der Waals surface area contributed by atoms with E-state index in [0.717, 1.165) is 30.5 Å². The molecule has 7 nitrogen and oxygen atoms in total. The second kappa shape index (κ2) is 7.04. The van der Waals surface area contributed by atoms with Crippen molar-refractivity contribution in [2.75, 3.05) is 26.6 Å². The summed E-state index contributed by atoms with van der Waals surface area (Å²) >= 11 is 0. The molecule has 0 saturated carbocycles. The van der Waals surface area contributed by atoms with Crippen molar-refractivity contribution in [1.29, 1.82) is 0 Å². The summed E-state index contributed by atoms with van der Waals surface area (Å²) in [6, 6.07) is 3.20. The number of anilines is 1. The lowest BCUT2D eigenvalue weighted by molar-refractivity contribution is 0.102. The molecule has 2 aromatic rings. The predicted octanol–water partition coefficient (Wildman–Crippen LogP) is 3.08. The van der Waals surface area contributed by atoms with Gasteiger partial charge in [-0.2, -0.15) is 0 Å². The Labute approximate surface area is 146 Å². The number of benzene rings is 1. The highest BCUT2D eigenvalue weighted by Crippen LogP contribution is 2.38. The van der Waals surface area contributed by atoms with Crippen molar-refractivity contribution in [2.24, 2.45) is 5.92 Å². The topological polar surface area (TPSA) is 82.8 Å². The Kier molecular flexibility index (Phi) is 4.83. The van der Waals surface area contributed by atoms with Gasteiger partial charge in [-0.3, -0.25) is 10.1 Å². The number of aryl methyl sites for hydroxylation is 1. The van der Waals surface area contributed by atoms with Crippen LogP contribution in [0.15, 0.2) is 16.7 Å². The van der Waals surface area contributed by atoms with Crippen LogP contribution < -0.4 is 19.5 Å². The van der Waals surface area contributed by atoms with Crippen LogP contribution in [0.25, 0.3) is 0 Å². The van der Waals surface area contributed by atoms with Crippen LogP contribution in [0.2, 0.25) is 0 Å². The number of carbonyl (C=O) groups excluding carboxylic acids is 1. The van der Waals surface area contributed by atoms with Gasteiger partial charge in [-0.15, -0.1) is 0 Å². The predicted molar refractivity (Wildman–Crippen MR) is 91.7 cm³/mol. The maximum atomic E-state index is 12.7. The number of hydrogen-bond donors (Lipinski definition) is 1. The van der Waals surface area contributed by atoms with Gasteiger partial charge in [-0.05, 0) is 37.3 Å². The minimum absolute atomic E-state index is 0.323. The molecule has 1 amide bonds. The molecule has 1 aliphatic rings. The Balaban J connectivity index is 1.88. The van der Waals surface area contributed by atoms with Crippen LogP contribution >= 0.6 is 0 Å². The fraction of sp³-hybridized carbons (Fsp3) is 0.444. The Morgan fingerprint density at radius 2 is 1.88 bits per heavy atom. The van der Waals surface area contributed by atoms with E-state index >= 15 is 0 Å². The molecule has 1 heterocycles. The van der Waals surface area contributed by atoms with E-state index in [1.807, 2.05) is 0 Å². The van der Waals surface area contributed by atoms with Crippen LogP contribution in [0.5, 0.6) is 17.2 Å². The third kappa shape index (κ3) is 3.26. The standard InChI is InChI=1S/C18H22N2O5/c1-10-5-6-13-12(7-10)18(25-20-13)19-17(21)11-8-14(22-2)16(24-4)15(9-11)23-3/h8-10H,5-7H2,1-4H3,(H,19,21)/t10-/m1/s1. The van der Waals surface area contributed by atoms with Crippen molar-refractivity contribution in [1.82, 2.24) is 5.16 Å². The summed E-state index contributed by atoms with van der Waals surface area (Å²) < 4.78 is 21.2. The number of hydrogen-bond acceptors (Lipinski definition) is 6. The fourth-order valence-corrected chi connectivity index (χ4v) is 3.07. The normalized spacial score (nSPS) is 16.1. The minimum Gasteiger partial charge on any atom is -0.493 e. The molecule has 0 unspecified atom stereocenters. The first-order valence-electron chi connectivity index (χ1n) is 8.16. The monoisotopic (exact) mass is 346 g/mol. The van der Waals surface area contributed by atoms with E-state index in [4.69, 9.17) is 18.7 Å². The van der Waals surface area contributed by atoms with Gasteiger partial charge in [0.15, 0.2) is 11.5 Å². The average molecular weight is 346 g/mol. The molecule has 7 heteroatoms. The maximum Gasteiger partial charge on any atom is 0.258 e. The van der Waals surface area contributed by atoms with Crippen LogP contribution in [0, 0.1) is 5.92 Å². The molecule has 134 valence electrons. The molecule has 0 spiro atoms. The highest BCUT2D eigenvalue weighted by atomic mass is 16.5. The lowest BCUT2D eigenvalue weighted by atomic mass is 9.89. The third-order valence-corrected chi connectivity index (χ3v) is 4.45. The van der Waals surface area contributed by atoms with Gasteiger partial charge in [-0.1, -0.05) is 12.1 Å². The van der Waals surface area contributed by atoms with Gasteiger partial charge >= 0.3 is 0 Å². The Bertz CT molecular complexity index is 759. The molecule has 1 N–H and O–H groups in total. The van der Waals surface area contributed by atoms with Gasteiger partial charge in [0, 0.05) is 11.1 Å². The molecule has 1 aliphatic carbocycles. The molecule has 1 aromatic carbocycles. The van der Waals surface area contributed by atoms with Crippen molar-refractivity contribution in [3.05, 3.63) is 29.0 Å². The summed E-state index contributed by atoms with van der Waals surface area (Å²) in [5, 5.41) is 6.88. The zero-order valence-electron chi connectivity index (χ0n) is 14.8. The zero-order chi connectivity index (χ0) is 18.0. The Morgan fingerprint density at radius 1 is 1.20 bits per heavy atom. The maximum absolute atomic E-state index is 12.7. The molecule has 1 atom stereocenters. The van der Waals surface area contributed by atoms with Crippen molar-refractivity contribution in [2.45, 2.75) is 26.2 Å². The van der Waals surface area contributed by atoms with Gasteiger partial charge < -0.3 is 18.7 Å². The SMILES string of the molecule is COc1cc(C(=O)Nc2onc3c2C[C@H](C)CC3)cc(OC)c1OC. The number of aromatic nitrogens is 1. The lowest BCUT2D eigenvalue weighted by Gasteiger charge is -2.17. The first kappa shape index (κ1) is 17.1. The summed E-state index contributed by atoms with van der Waals surface area (Å²) in [7, 11) is 4.53. The number of amides is 1. The molecule has 3 rings (SSSR count). The molecule has 0 saturated heterocycles. The fourth-order valence-electron chi connectivity index (χ4n) is 3.07. The van der Waals surface area contributed by atoms with Gasteiger partial charge in [0.05, 0.1) is 27.0 Å². The van der Waals surface area contributed by atoms with Gasteiger partial charge in [0.1, 0.15) is 0 Å². The minimum atomic E-state index is -0.323. The van der Waals surface area contributed by atoms with E-state index in [2.05, 4.69) is 17.4 Å². The van der Waals surface area contributed by atoms with Crippen LogP contribution in [-0.2, 0) is 12.8 Å². The Hall–Kier alpha value is -2.70. The van der Waals surface area contributed by atoms with Crippen LogP contribution in [0.4, 0.5) is 5.88 Å². The molecule has 0 bridgehead atoms. The number of fused-ring (bicyclic) bond motifs is 1. The highest BCUT2D eigenvalue weighted by molar-refractivity contribution is 6.04. The summed E-state index contributed by atoms with van der Waals surface area (Å²) in [4.78, 5) is 12.7. The molecule has 25 heavy (non-hydrogen) atoms. The smallest absolute Gasteiger partial charge is 0.258 e. The number of nitrogens with one attached hydrogen (secondary N) is 1. The second-order valence-electron chi connectivity index (χ2n) is 6.15. The first-order chi connectivity index (χ1) is 12.1. The number of methoxy groups -OCH3 is 3. The summed E-state index contributed by atoms with van der Waals surface area (Å²) in [5.41, 5.74) is 2.29. The number of nitrogens with zero attached hydrogens (tertiary/aromatic N) is 1. The largest absolute Gasteiger partial charge is 0.493 e. The van der Waals surface area contributed by atoms with E-state index < -0.39 is 0 Å². The molecular formula is C18H22N2O5. The quantitative estimate of drug-likeness (QED) is 0.896. The van der Waals surface area contributed by atoms with Gasteiger partial charge in [-0.25, -0.2) is 0 Å². The van der Waals surface area contributed by atoms with Crippen molar-refractivity contribution >= 4 is 11.8 Å². The second-order valence-corrected chi connectivity index (χ2v) is 6.15. The van der Waals surface area contributed by atoms with Crippen molar-refractivity contribution in [3.8, 4) is 17.2 Å². The van der Waals surface area contributed by atoms with E-state index in [9.17, 15) is 4.79 Å². The lowest BCUT2D eigenvalue weighted by Crippen LogP contribution is -2.16. The van der Waals surface area contributed by atoms with Crippen LogP contribution in [-0.4, -0.2) is 32.4 Å². The van der Waals surface area contributed by atoms with Crippen LogP contribution in [0.1, 0.15) is 35.0 Å². The zero-order valence-corrected chi connectivity index (χ0v) is 14.8. The average Bonchev–Trinajstić information content (AvgIpc) is 3.02. The van der Waals surface area contributed by atoms with E-state index in [1.165, 1.54) is 21.3 Å². The van der Waals surface area contributed by atoms with Gasteiger partial charge in [0.25, 0.3) is 5.91 Å². The van der Waals surface area contributed by atoms with E-state index in [-0.39, 0.29) is 5.91 Å². The third-order valence-electron chi connectivity index (χ3n) is 4.45. The summed E-state index contributed by atoms with van der Waals surface area (Å²) in [6.07, 6.45) is 2.81. The first-order valence-corrected chi connectivity index (χ1v) is 8.16. The number of carbonyl (C=O) groups is 1. The van der Waals surface area contributed by atoms with Crippen molar-refractivity contribution < 1.29 is 23.5 Å². The van der Waals surface area contributed by atoms with Gasteiger partial charge in [0.2, 0.25) is 11.6 Å². The molecule has 1 aromatic heterocycles. The van der Waals surface area contributed by atoms with Crippen molar-refractivity contribution in [3.63, 3.8) is 0 Å². The molecule has 0 radical (unpaired) electrons. The molecular weight excluding hydrogens is 324 g/mol. The summed E-state index contributed by atoms with van der Waals surface area (Å²) in [5.74, 6) is 1.91.